The molecule has 4 heterocycles. The first-order valence-corrected chi connectivity index (χ1v) is 12.0. The normalized spacial score (nSPS) is 16.8. The topological polar surface area (TPSA) is 74.0 Å². The van der Waals surface area contributed by atoms with E-state index in [1.54, 1.807) is 11.6 Å². The number of aryl methyl sites for hydroxylation is 1. The number of aromatic nitrogens is 4. The van der Waals surface area contributed by atoms with Crippen LogP contribution in [-0.2, 0) is 26.7 Å². The summed E-state index contributed by atoms with van der Waals surface area (Å²) < 4.78 is 5.79. The molecule has 0 amide bonds. The standard InChI is InChI=1S/C27H34N6O/c1-18-23-7-6-12-31(23)13-14-32(18)16-19-8-9-21(28)20(15-19)22-10-11-24-25(29-22)30(5)26(34)33(24)17-27(2,3)4/h6-12,15,18H,13-14,16-17,28H2,1-5H3. The van der Waals surface area contributed by atoms with Crippen molar-refractivity contribution in [3.8, 4) is 11.3 Å². The fourth-order valence-electron chi connectivity index (χ4n) is 5.05. The van der Waals surface area contributed by atoms with Crippen LogP contribution >= 0.6 is 0 Å². The molecule has 0 aliphatic carbocycles. The minimum absolute atomic E-state index is 0.0111. The van der Waals surface area contributed by atoms with E-state index >= 15 is 0 Å². The fourth-order valence-corrected chi connectivity index (χ4v) is 5.05. The van der Waals surface area contributed by atoms with E-state index in [2.05, 4.69) is 67.6 Å². The molecule has 4 aromatic rings. The lowest BCUT2D eigenvalue weighted by atomic mass is 9.97. The van der Waals surface area contributed by atoms with Gasteiger partial charge in [0.1, 0.15) is 0 Å². The quantitative estimate of drug-likeness (QED) is 0.460. The van der Waals surface area contributed by atoms with E-state index in [9.17, 15) is 4.79 Å². The Morgan fingerprint density at radius 2 is 1.91 bits per heavy atom. The van der Waals surface area contributed by atoms with Crippen molar-refractivity contribution in [1.29, 1.82) is 0 Å². The zero-order valence-corrected chi connectivity index (χ0v) is 20.7. The summed E-state index contributed by atoms with van der Waals surface area (Å²) in [4.78, 5) is 20.3. The molecule has 1 aromatic carbocycles. The lowest BCUT2D eigenvalue weighted by Gasteiger charge is -2.35. The number of hydrogen-bond acceptors (Lipinski definition) is 4. The maximum Gasteiger partial charge on any atom is 0.330 e. The van der Waals surface area contributed by atoms with E-state index in [-0.39, 0.29) is 11.1 Å². The molecular formula is C27H34N6O. The van der Waals surface area contributed by atoms with Crippen molar-refractivity contribution in [1.82, 2.24) is 23.6 Å². The van der Waals surface area contributed by atoms with Crippen LogP contribution in [0.2, 0.25) is 0 Å². The molecule has 0 saturated heterocycles. The Labute approximate surface area is 200 Å². The number of pyridine rings is 1. The zero-order valence-electron chi connectivity index (χ0n) is 20.7. The van der Waals surface area contributed by atoms with E-state index in [0.717, 1.165) is 36.4 Å². The molecule has 1 unspecified atom stereocenters. The number of imidazole rings is 1. The summed E-state index contributed by atoms with van der Waals surface area (Å²) in [5.41, 5.74) is 12.8. The molecule has 1 aliphatic heterocycles. The molecule has 0 fully saturated rings. The molecule has 1 aliphatic rings. The molecule has 3 aromatic heterocycles. The van der Waals surface area contributed by atoms with Crippen molar-refractivity contribution in [3.05, 3.63) is 70.4 Å². The van der Waals surface area contributed by atoms with Crippen LogP contribution in [0.25, 0.3) is 22.4 Å². The van der Waals surface area contributed by atoms with Crippen LogP contribution in [0.5, 0.6) is 0 Å². The summed E-state index contributed by atoms with van der Waals surface area (Å²) in [6.45, 7) is 12.2. The molecule has 0 bridgehead atoms. The summed E-state index contributed by atoms with van der Waals surface area (Å²) in [5.74, 6) is 0. The maximum atomic E-state index is 12.9. The van der Waals surface area contributed by atoms with Gasteiger partial charge in [0.2, 0.25) is 0 Å². The number of rotatable bonds is 4. The van der Waals surface area contributed by atoms with Crippen LogP contribution < -0.4 is 11.4 Å². The van der Waals surface area contributed by atoms with Crippen LogP contribution in [0.4, 0.5) is 5.69 Å². The van der Waals surface area contributed by atoms with Crippen LogP contribution in [-0.4, -0.2) is 30.1 Å². The first-order chi connectivity index (χ1) is 16.1. The highest BCUT2D eigenvalue weighted by molar-refractivity contribution is 5.80. The van der Waals surface area contributed by atoms with E-state index in [4.69, 9.17) is 10.7 Å². The highest BCUT2D eigenvalue weighted by Crippen LogP contribution is 2.31. The van der Waals surface area contributed by atoms with Gasteiger partial charge in [-0.2, -0.15) is 0 Å². The molecular weight excluding hydrogens is 424 g/mol. The molecule has 34 heavy (non-hydrogen) atoms. The van der Waals surface area contributed by atoms with Gasteiger partial charge in [-0.1, -0.05) is 26.8 Å². The van der Waals surface area contributed by atoms with Crippen molar-refractivity contribution >= 4 is 16.9 Å². The minimum Gasteiger partial charge on any atom is -0.398 e. The largest absolute Gasteiger partial charge is 0.398 e. The van der Waals surface area contributed by atoms with Crippen molar-refractivity contribution < 1.29 is 0 Å². The lowest BCUT2D eigenvalue weighted by molar-refractivity contribution is 0.161. The second-order valence-electron chi connectivity index (χ2n) is 10.7. The summed E-state index contributed by atoms with van der Waals surface area (Å²) in [5, 5.41) is 0. The monoisotopic (exact) mass is 458 g/mol. The highest BCUT2D eigenvalue weighted by Gasteiger charge is 2.24. The van der Waals surface area contributed by atoms with Crippen molar-refractivity contribution in [2.45, 2.75) is 53.4 Å². The predicted molar refractivity (Wildman–Crippen MR) is 138 cm³/mol. The Hall–Kier alpha value is -3.32. The second-order valence-corrected chi connectivity index (χ2v) is 10.7. The molecule has 0 radical (unpaired) electrons. The first-order valence-electron chi connectivity index (χ1n) is 12.0. The molecule has 1 atom stereocenters. The number of nitrogens with zero attached hydrogens (tertiary/aromatic N) is 5. The van der Waals surface area contributed by atoms with Gasteiger partial charge in [0.05, 0.1) is 11.2 Å². The summed E-state index contributed by atoms with van der Waals surface area (Å²) in [7, 11) is 1.79. The van der Waals surface area contributed by atoms with Crippen LogP contribution in [0, 0.1) is 5.41 Å². The molecule has 0 saturated carbocycles. The Morgan fingerprint density at radius 1 is 1.12 bits per heavy atom. The number of nitrogen functional groups attached to an aromatic ring is 1. The van der Waals surface area contributed by atoms with E-state index in [0.29, 0.717) is 23.9 Å². The SMILES string of the molecule is CC1c2cccn2CCN1Cc1ccc(N)c(-c2ccc3c(n2)n(C)c(=O)n3CC(C)(C)C)c1. The maximum absolute atomic E-state index is 12.9. The zero-order chi connectivity index (χ0) is 24.2. The number of anilines is 1. The number of benzene rings is 1. The molecule has 5 rings (SSSR count). The Bertz CT molecular complexity index is 1420. The summed E-state index contributed by atoms with van der Waals surface area (Å²) in [6.07, 6.45) is 2.16. The number of hydrogen-bond donors (Lipinski definition) is 1. The summed E-state index contributed by atoms with van der Waals surface area (Å²) >= 11 is 0. The average molecular weight is 459 g/mol. The molecule has 7 nitrogen and oxygen atoms in total. The van der Waals surface area contributed by atoms with Gasteiger partial charge >= 0.3 is 5.69 Å². The smallest absolute Gasteiger partial charge is 0.330 e. The average Bonchev–Trinajstić information content (AvgIpc) is 3.36. The third kappa shape index (κ3) is 3.94. The molecule has 178 valence electrons. The number of nitrogens with two attached hydrogens (primary N) is 1. The van der Waals surface area contributed by atoms with Gasteiger partial charge in [0.15, 0.2) is 5.65 Å². The Balaban J connectivity index is 1.48. The molecule has 7 heteroatoms. The third-order valence-corrected chi connectivity index (χ3v) is 6.86. The van der Waals surface area contributed by atoms with Gasteiger partial charge in [-0.25, -0.2) is 9.78 Å². The van der Waals surface area contributed by atoms with Crippen LogP contribution in [0.1, 0.15) is 45.0 Å². The van der Waals surface area contributed by atoms with Crippen LogP contribution in [0.3, 0.4) is 0 Å². The van der Waals surface area contributed by atoms with Gasteiger partial charge in [-0.15, -0.1) is 0 Å². The van der Waals surface area contributed by atoms with E-state index in [1.165, 1.54) is 11.3 Å². The summed E-state index contributed by atoms with van der Waals surface area (Å²) in [6, 6.07) is 14.9. The van der Waals surface area contributed by atoms with Gasteiger partial charge in [0.25, 0.3) is 0 Å². The predicted octanol–water partition coefficient (Wildman–Crippen LogP) is 4.41. The van der Waals surface area contributed by atoms with Gasteiger partial charge < -0.3 is 10.3 Å². The molecule has 2 N–H and O–H groups in total. The lowest BCUT2D eigenvalue weighted by Crippen LogP contribution is -2.35. The van der Waals surface area contributed by atoms with E-state index < -0.39 is 0 Å². The van der Waals surface area contributed by atoms with Gasteiger partial charge in [0, 0.05) is 62.4 Å². The minimum atomic E-state index is -0.0415. The van der Waals surface area contributed by atoms with Crippen molar-refractivity contribution in [2.24, 2.45) is 12.5 Å². The van der Waals surface area contributed by atoms with E-state index in [1.807, 2.05) is 22.8 Å². The van der Waals surface area contributed by atoms with Gasteiger partial charge in [-0.05, 0) is 54.3 Å². The third-order valence-electron chi connectivity index (χ3n) is 6.86. The Kier molecular flexibility index (Phi) is 5.40. The van der Waals surface area contributed by atoms with Crippen molar-refractivity contribution in [2.75, 3.05) is 12.3 Å². The van der Waals surface area contributed by atoms with Crippen LogP contribution in [0.15, 0.2) is 53.5 Å². The number of fused-ring (bicyclic) bond motifs is 2. The fraction of sp³-hybridized carbons (Fsp3) is 0.407. The Morgan fingerprint density at radius 3 is 2.68 bits per heavy atom. The highest BCUT2D eigenvalue weighted by atomic mass is 16.1. The van der Waals surface area contributed by atoms with Crippen molar-refractivity contribution in [3.63, 3.8) is 0 Å². The van der Waals surface area contributed by atoms with Gasteiger partial charge in [-0.3, -0.25) is 14.0 Å². The second kappa shape index (κ2) is 8.17. The first kappa shape index (κ1) is 22.5. The molecule has 0 spiro atoms.